The molecule has 1 N–H and O–H groups in total. The summed E-state index contributed by atoms with van der Waals surface area (Å²) in [7, 11) is 0. The summed E-state index contributed by atoms with van der Waals surface area (Å²) in [5.41, 5.74) is 3.70. The second kappa shape index (κ2) is 8.48. The molecule has 3 aromatic rings. The molecule has 7 heteroatoms. The van der Waals surface area contributed by atoms with Crippen LogP contribution in [0.15, 0.2) is 36.4 Å². The smallest absolute Gasteiger partial charge is 0.252 e. The summed E-state index contributed by atoms with van der Waals surface area (Å²) in [5, 5.41) is 4.28. The van der Waals surface area contributed by atoms with E-state index < -0.39 is 0 Å². The minimum Gasteiger partial charge on any atom is -0.493 e. The van der Waals surface area contributed by atoms with Crippen LogP contribution in [0, 0.1) is 6.92 Å². The molecule has 1 aromatic heterocycles. The number of hydrogen-bond donors (Lipinski definition) is 1. The van der Waals surface area contributed by atoms with Gasteiger partial charge in [0.05, 0.1) is 22.9 Å². The zero-order chi connectivity index (χ0) is 21.4. The highest BCUT2D eigenvalue weighted by Crippen LogP contribution is 2.34. The summed E-state index contributed by atoms with van der Waals surface area (Å²) in [6, 6.07) is 12.0. The highest BCUT2D eigenvalue weighted by Gasteiger charge is 2.24. The largest absolute Gasteiger partial charge is 0.493 e. The van der Waals surface area contributed by atoms with E-state index in [1.165, 1.54) is 0 Å². The van der Waals surface area contributed by atoms with Crippen LogP contribution in [0.3, 0.4) is 0 Å². The fourth-order valence-electron chi connectivity index (χ4n) is 4.43. The van der Waals surface area contributed by atoms with Crippen molar-refractivity contribution in [3.63, 3.8) is 0 Å². The van der Waals surface area contributed by atoms with E-state index in [1.54, 1.807) is 11.3 Å². The molecule has 2 aromatic carbocycles. The lowest BCUT2D eigenvalue weighted by molar-refractivity contribution is 0.0924. The van der Waals surface area contributed by atoms with Gasteiger partial charge in [-0.05, 0) is 37.2 Å². The molecule has 3 heterocycles. The third-order valence-electron chi connectivity index (χ3n) is 6.32. The molecule has 31 heavy (non-hydrogen) atoms. The second-order valence-electron chi connectivity index (χ2n) is 8.25. The Balaban J connectivity index is 1.37. The first-order chi connectivity index (χ1) is 15.1. The van der Waals surface area contributed by atoms with E-state index in [-0.39, 0.29) is 11.9 Å². The number of carbonyl (C=O) groups excluding carboxylic acids is 1. The fraction of sp³-hybridized carbons (Fsp3) is 0.417. The first kappa shape index (κ1) is 20.3. The number of nitrogens with one attached hydrogen (secondary N) is 1. The molecule has 2 aliphatic rings. The van der Waals surface area contributed by atoms with Crippen LogP contribution in [-0.4, -0.2) is 55.1 Å². The molecule has 0 unspecified atom stereocenters. The van der Waals surface area contributed by atoms with Gasteiger partial charge < -0.3 is 19.9 Å². The number of hydrogen-bond acceptors (Lipinski definition) is 6. The van der Waals surface area contributed by atoms with E-state index in [0.717, 1.165) is 76.9 Å². The summed E-state index contributed by atoms with van der Waals surface area (Å²) in [6.07, 6.45) is 0.776. The van der Waals surface area contributed by atoms with Gasteiger partial charge >= 0.3 is 0 Å². The van der Waals surface area contributed by atoms with Crippen molar-refractivity contribution in [1.29, 1.82) is 0 Å². The Kier molecular flexibility index (Phi) is 5.54. The molecule has 1 fully saturated rings. The lowest BCUT2D eigenvalue weighted by Crippen LogP contribution is -2.46. The second-order valence-corrected chi connectivity index (χ2v) is 9.26. The molecule has 5 rings (SSSR count). The van der Waals surface area contributed by atoms with E-state index >= 15 is 0 Å². The van der Waals surface area contributed by atoms with Crippen LogP contribution in [-0.2, 0) is 0 Å². The monoisotopic (exact) mass is 436 g/mol. The molecule has 1 saturated heterocycles. The molecule has 0 radical (unpaired) electrons. The summed E-state index contributed by atoms with van der Waals surface area (Å²) >= 11 is 1.68. The number of nitrogens with zero attached hydrogens (tertiary/aromatic N) is 3. The fourth-order valence-corrected chi connectivity index (χ4v) is 5.47. The van der Waals surface area contributed by atoms with Crippen LogP contribution in [0.4, 0.5) is 5.13 Å². The van der Waals surface area contributed by atoms with Gasteiger partial charge in [0.2, 0.25) is 0 Å². The third-order valence-corrected chi connectivity index (χ3v) is 7.40. The molecule has 2 aliphatic heterocycles. The van der Waals surface area contributed by atoms with E-state index in [1.807, 2.05) is 43.3 Å². The highest BCUT2D eigenvalue weighted by atomic mass is 32.1. The van der Waals surface area contributed by atoms with Crippen molar-refractivity contribution >= 4 is 32.6 Å². The SMILES string of the molecule is CCN1CCN(c2nc3cc(C)c(C(=O)N[C@H]4CCOc5ccccc54)cc3s2)CC1. The summed E-state index contributed by atoms with van der Waals surface area (Å²) in [6.45, 7) is 10.1. The van der Waals surface area contributed by atoms with Gasteiger partial charge in [-0.2, -0.15) is 0 Å². The number of fused-ring (bicyclic) bond motifs is 2. The average Bonchev–Trinajstić information content (AvgIpc) is 3.21. The number of benzene rings is 2. The number of para-hydroxylation sites is 1. The van der Waals surface area contributed by atoms with Gasteiger partial charge in [0.25, 0.3) is 5.91 Å². The van der Waals surface area contributed by atoms with E-state index in [2.05, 4.69) is 22.0 Å². The van der Waals surface area contributed by atoms with Crippen LogP contribution in [0.1, 0.15) is 40.9 Å². The van der Waals surface area contributed by atoms with E-state index in [4.69, 9.17) is 9.72 Å². The number of piperazine rings is 1. The molecule has 0 aliphatic carbocycles. The van der Waals surface area contributed by atoms with Crippen molar-refractivity contribution in [3.05, 3.63) is 53.1 Å². The highest BCUT2D eigenvalue weighted by molar-refractivity contribution is 7.22. The first-order valence-corrected chi connectivity index (χ1v) is 11.8. The zero-order valence-corrected chi connectivity index (χ0v) is 18.9. The van der Waals surface area contributed by atoms with Crippen molar-refractivity contribution in [2.45, 2.75) is 26.3 Å². The Hall–Kier alpha value is -2.64. The predicted molar refractivity (Wildman–Crippen MR) is 125 cm³/mol. The Morgan fingerprint density at radius 1 is 1.23 bits per heavy atom. The van der Waals surface area contributed by atoms with Crippen LogP contribution >= 0.6 is 11.3 Å². The van der Waals surface area contributed by atoms with Gasteiger partial charge in [-0.3, -0.25) is 4.79 Å². The number of ether oxygens (including phenoxy) is 1. The molecule has 1 amide bonds. The van der Waals surface area contributed by atoms with Crippen LogP contribution in [0.2, 0.25) is 0 Å². The number of amides is 1. The van der Waals surface area contributed by atoms with Gasteiger partial charge in [0, 0.05) is 43.7 Å². The van der Waals surface area contributed by atoms with E-state index in [0.29, 0.717) is 6.61 Å². The Morgan fingerprint density at radius 3 is 2.84 bits per heavy atom. The van der Waals surface area contributed by atoms with Crippen LogP contribution in [0.5, 0.6) is 5.75 Å². The van der Waals surface area contributed by atoms with Gasteiger partial charge in [0.1, 0.15) is 5.75 Å². The summed E-state index contributed by atoms with van der Waals surface area (Å²) in [4.78, 5) is 22.9. The predicted octanol–water partition coefficient (Wildman–Crippen LogP) is 4.00. The molecule has 6 nitrogen and oxygen atoms in total. The van der Waals surface area contributed by atoms with Gasteiger partial charge in [0.15, 0.2) is 5.13 Å². The molecule has 0 bridgehead atoms. The number of carbonyl (C=O) groups is 1. The molecular formula is C24H28N4O2S. The number of likely N-dealkylation sites (N-methyl/N-ethyl adjacent to an activating group) is 1. The minimum atomic E-state index is -0.0346. The van der Waals surface area contributed by atoms with Gasteiger partial charge in [-0.15, -0.1) is 0 Å². The number of aryl methyl sites for hydroxylation is 1. The van der Waals surface area contributed by atoms with E-state index in [9.17, 15) is 4.79 Å². The molecule has 1 atom stereocenters. The summed E-state index contributed by atoms with van der Waals surface area (Å²) in [5.74, 6) is 0.828. The normalized spacial score (nSPS) is 19.2. The first-order valence-electron chi connectivity index (χ1n) is 11.0. The minimum absolute atomic E-state index is 0.0283. The molecule has 0 spiro atoms. The molecule has 0 saturated carbocycles. The number of rotatable bonds is 4. The Labute approximate surface area is 186 Å². The van der Waals surface area contributed by atoms with Gasteiger partial charge in [-0.1, -0.05) is 36.5 Å². The third kappa shape index (κ3) is 4.00. The topological polar surface area (TPSA) is 57.7 Å². The van der Waals surface area contributed by atoms with Crippen molar-refractivity contribution in [3.8, 4) is 5.75 Å². The Morgan fingerprint density at radius 2 is 2.03 bits per heavy atom. The van der Waals surface area contributed by atoms with Gasteiger partial charge in [-0.25, -0.2) is 4.98 Å². The number of thiazole rings is 1. The molecular weight excluding hydrogens is 408 g/mol. The van der Waals surface area contributed by atoms with Crippen LogP contribution in [0.25, 0.3) is 10.2 Å². The zero-order valence-electron chi connectivity index (χ0n) is 18.1. The number of anilines is 1. The quantitative estimate of drug-likeness (QED) is 0.670. The maximum absolute atomic E-state index is 13.2. The Bertz CT molecular complexity index is 1100. The summed E-state index contributed by atoms with van der Waals surface area (Å²) < 4.78 is 6.80. The van der Waals surface area contributed by atoms with Crippen LogP contribution < -0.4 is 15.0 Å². The van der Waals surface area contributed by atoms with Crippen molar-refractivity contribution in [2.75, 3.05) is 44.2 Å². The maximum Gasteiger partial charge on any atom is 0.252 e. The molecule has 162 valence electrons. The lowest BCUT2D eigenvalue weighted by atomic mass is 9.99. The van der Waals surface area contributed by atoms with Crippen molar-refractivity contribution in [2.24, 2.45) is 0 Å². The maximum atomic E-state index is 13.2. The van der Waals surface area contributed by atoms with Crippen molar-refractivity contribution < 1.29 is 9.53 Å². The van der Waals surface area contributed by atoms with Crippen molar-refractivity contribution in [1.82, 2.24) is 15.2 Å². The average molecular weight is 437 g/mol. The lowest BCUT2D eigenvalue weighted by Gasteiger charge is -2.33. The number of aromatic nitrogens is 1. The standard InChI is InChI=1S/C24H28N4O2S/c1-3-27-9-11-28(12-10-27)24-26-20-14-16(2)18(15-22(20)31-24)23(29)25-19-8-13-30-21-7-5-4-6-17(19)21/h4-7,14-15,19H,3,8-13H2,1-2H3,(H,25,29)/t19-/m0/s1.